The molecule has 0 fully saturated rings. The van der Waals surface area contributed by atoms with Crippen LogP contribution in [0.4, 0.5) is 11.4 Å². The molecule has 0 aliphatic heterocycles. The summed E-state index contributed by atoms with van der Waals surface area (Å²) in [4.78, 5) is 12.2. The van der Waals surface area contributed by atoms with E-state index < -0.39 is 0 Å². The van der Waals surface area contributed by atoms with Crippen LogP contribution in [0.25, 0.3) is 0 Å². The highest BCUT2D eigenvalue weighted by Gasteiger charge is 2.08. The number of rotatable bonds is 4. The molecule has 0 unspecified atom stereocenters. The lowest BCUT2D eigenvalue weighted by molar-refractivity contribution is 0.102. The Kier molecular flexibility index (Phi) is 4.63. The Morgan fingerprint density at radius 3 is 2.60 bits per heavy atom. The largest absolute Gasteiger partial charge is 0.496 e. The van der Waals surface area contributed by atoms with E-state index in [1.807, 2.05) is 19.2 Å². The van der Waals surface area contributed by atoms with Crippen LogP contribution < -0.4 is 15.4 Å². The molecule has 0 heterocycles. The van der Waals surface area contributed by atoms with E-state index in [-0.39, 0.29) is 5.91 Å². The van der Waals surface area contributed by atoms with Crippen LogP contribution in [0.5, 0.6) is 5.75 Å². The summed E-state index contributed by atoms with van der Waals surface area (Å²) in [6, 6.07) is 12.7. The quantitative estimate of drug-likeness (QED) is 0.895. The van der Waals surface area contributed by atoms with Gasteiger partial charge < -0.3 is 15.4 Å². The molecule has 0 saturated carbocycles. The Bertz CT molecular complexity index is 629. The lowest BCUT2D eigenvalue weighted by Crippen LogP contribution is -2.12. The monoisotopic (exact) mass is 334 g/mol. The molecule has 0 spiro atoms. The van der Waals surface area contributed by atoms with Gasteiger partial charge in [0.15, 0.2) is 0 Å². The van der Waals surface area contributed by atoms with Crippen LogP contribution in [0.3, 0.4) is 0 Å². The topological polar surface area (TPSA) is 50.4 Å². The molecule has 0 saturated heterocycles. The smallest absolute Gasteiger partial charge is 0.255 e. The second kappa shape index (κ2) is 6.43. The number of carbonyl (C=O) groups excluding carboxylic acids is 1. The van der Waals surface area contributed by atoms with Crippen LogP contribution in [0.15, 0.2) is 46.9 Å². The Hall–Kier alpha value is -2.01. The maximum Gasteiger partial charge on any atom is 0.255 e. The van der Waals surface area contributed by atoms with E-state index >= 15 is 0 Å². The van der Waals surface area contributed by atoms with E-state index in [0.29, 0.717) is 11.3 Å². The van der Waals surface area contributed by atoms with Gasteiger partial charge >= 0.3 is 0 Å². The van der Waals surface area contributed by atoms with Gasteiger partial charge in [-0.3, -0.25) is 4.79 Å². The molecule has 4 nitrogen and oxygen atoms in total. The van der Waals surface area contributed by atoms with Crippen LogP contribution in [0.2, 0.25) is 0 Å². The van der Waals surface area contributed by atoms with Crippen LogP contribution in [-0.2, 0) is 0 Å². The first-order valence-corrected chi connectivity index (χ1v) is 6.86. The van der Waals surface area contributed by atoms with Crippen molar-refractivity contribution in [3.63, 3.8) is 0 Å². The standard InChI is InChI=1S/C15H15BrN2O2/c1-17-11-5-3-4-10(8-11)15(19)18-12-6-7-14(20-2)13(16)9-12/h3-9,17H,1-2H3,(H,18,19). The maximum atomic E-state index is 12.2. The fraction of sp³-hybridized carbons (Fsp3) is 0.133. The predicted molar refractivity (Wildman–Crippen MR) is 84.6 cm³/mol. The Morgan fingerprint density at radius 1 is 1.15 bits per heavy atom. The van der Waals surface area contributed by atoms with Crippen molar-refractivity contribution in [3.8, 4) is 5.75 Å². The first-order valence-electron chi connectivity index (χ1n) is 6.06. The van der Waals surface area contributed by atoms with Gasteiger partial charge in [0.1, 0.15) is 5.75 Å². The third-order valence-corrected chi connectivity index (χ3v) is 3.44. The molecule has 0 radical (unpaired) electrons. The number of carbonyl (C=O) groups is 1. The van der Waals surface area contributed by atoms with Crippen LogP contribution in [0, 0.1) is 0 Å². The number of amides is 1. The van der Waals surface area contributed by atoms with Crippen molar-refractivity contribution in [2.45, 2.75) is 0 Å². The zero-order valence-electron chi connectivity index (χ0n) is 11.2. The first-order chi connectivity index (χ1) is 9.63. The van der Waals surface area contributed by atoms with Crippen LogP contribution >= 0.6 is 15.9 Å². The van der Waals surface area contributed by atoms with E-state index in [1.54, 1.807) is 37.4 Å². The zero-order chi connectivity index (χ0) is 14.5. The normalized spacial score (nSPS) is 9.95. The Morgan fingerprint density at radius 2 is 1.95 bits per heavy atom. The zero-order valence-corrected chi connectivity index (χ0v) is 12.8. The van der Waals surface area contributed by atoms with Crippen molar-refractivity contribution in [2.75, 3.05) is 24.8 Å². The van der Waals surface area contributed by atoms with Gasteiger partial charge in [-0.1, -0.05) is 6.07 Å². The van der Waals surface area contributed by atoms with Gasteiger partial charge in [-0.25, -0.2) is 0 Å². The average molecular weight is 335 g/mol. The molecule has 2 aromatic carbocycles. The summed E-state index contributed by atoms with van der Waals surface area (Å²) < 4.78 is 5.95. The van der Waals surface area contributed by atoms with E-state index in [1.165, 1.54) is 0 Å². The third kappa shape index (κ3) is 3.30. The lowest BCUT2D eigenvalue weighted by Gasteiger charge is -2.09. The molecular formula is C15H15BrN2O2. The fourth-order valence-electron chi connectivity index (χ4n) is 1.76. The molecule has 2 rings (SSSR count). The Balaban J connectivity index is 2.16. The van der Waals surface area contributed by atoms with Crippen molar-refractivity contribution in [1.29, 1.82) is 0 Å². The van der Waals surface area contributed by atoms with Crippen molar-refractivity contribution in [3.05, 3.63) is 52.5 Å². The molecule has 5 heteroatoms. The lowest BCUT2D eigenvalue weighted by atomic mass is 10.2. The van der Waals surface area contributed by atoms with Gasteiger partial charge in [0.25, 0.3) is 5.91 Å². The van der Waals surface area contributed by atoms with E-state index in [0.717, 1.165) is 15.9 Å². The second-order valence-corrected chi connectivity index (χ2v) is 4.99. The highest BCUT2D eigenvalue weighted by molar-refractivity contribution is 9.10. The van der Waals surface area contributed by atoms with Gasteiger partial charge in [-0.15, -0.1) is 0 Å². The molecule has 0 aromatic heterocycles. The van der Waals surface area contributed by atoms with E-state index in [9.17, 15) is 4.79 Å². The summed E-state index contributed by atoms with van der Waals surface area (Å²) >= 11 is 3.39. The minimum atomic E-state index is -0.154. The minimum absolute atomic E-state index is 0.154. The Labute approximate surface area is 126 Å². The molecule has 0 bridgehead atoms. The summed E-state index contributed by atoms with van der Waals surface area (Å²) in [5.74, 6) is 0.569. The van der Waals surface area contributed by atoms with Crippen LogP contribution in [-0.4, -0.2) is 20.1 Å². The molecule has 0 aliphatic rings. The van der Waals surface area contributed by atoms with Crippen molar-refractivity contribution < 1.29 is 9.53 Å². The van der Waals surface area contributed by atoms with Gasteiger partial charge in [0, 0.05) is 24.0 Å². The molecule has 2 N–H and O–H groups in total. The first kappa shape index (κ1) is 14.4. The summed E-state index contributed by atoms with van der Waals surface area (Å²) in [6.07, 6.45) is 0. The second-order valence-electron chi connectivity index (χ2n) is 4.13. The summed E-state index contributed by atoms with van der Waals surface area (Å²) in [5.41, 5.74) is 2.20. The maximum absolute atomic E-state index is 12.2. The molecule has 2 aromatic rings. The van der Waals surface area contributed by atoms with Gasteiger partial charge in [0.05, 0.1) is 11.6 Å². The average Bonchev–Trinajstić information content (AvgIpc) is 2.47. The number of hydrogen-bond donors (Lipinski definition) is 2. The van der Waals surface area contributed by atoms with Crippen molar-refractivity contribution in [1.82, 2.24) is 0 Å². The van der Waals surface area contributed by atoms with E-state index in [4.69, 9.17) is 4.74 Å². The van der Waals surface area contributed by atoms with Crippen molar-refractivity contribution >= 4 is 33.2 Å². The molecule has 20 heavy (non-hydrogen) atoms. The van der Waals surface area contributed by atoms with Gasteiger partial charge in [0.2, 0.25) is 0 Å². The molecule has 0 atom stereocenters. The number of anilines is 2. The molecule has 104 valence electrons. The molecule has 1 amide bonds. The number of ether oxygens (including phenoxy) is 1. The summed E-state index contributed by atoms with van der Waals surface area (Å²) in [7, 11) is 3.42. The van der Waals surface area contributed by atoms with E-state index in [2.05, 4.69) is 26.6 Å². The summed E-state index contributed by atoms with van der Waals surface area (Å²) in [5, 5.41) is 5.86. The molecular weight excluding hydrogens is 320 g/mol. The predicted octanol–water partition coefficient (Wildman–Crippen LogP) is 3.75. The van der Waals surface area contributed by atoms with Gasteiger partial charge in [-0.05, 0) is 52.3 Å². The minimum Gasteiger partial charge on any atom is -0.496 e. The number of halogens is 1. The number of nitrogens with one attached hydrogen (secondary N) is 2. The number of methoxy groups -OCH3 is 1. The van der Waals surface area contributed by atoms with Crippen LogP contribution in [0.1, 0.15) is 10.4 Å². The highest BCUT2D eigenvalue weighted by atomic mass is 79.9. The summed E-state index contributed by atoms with van der Waals surface area (Å²) in [6.45, 7) is 0. The fourth-order valence-corrected chi connectivity index (χ4v) is 2.30. The number of hydrogen-bond acceptors (Lipinski definition) is 3. The number of benzene rings is 2. The van der Waals surface area contributed by atoms with Gasteiger partial charge in [-0.2, -0.15) is 0 Å². The van der Waals surface area contributed by atoms with Crippen molar-refractivity contribution in [2.24, 2.45) is 0 Å². The SMILES string of the molecule is CNc1cccc(C(=O)Nc2ccc(OC)c(Br)c2)c1. The molecule has 0 aliphatic carbocycles. The third-order valence-electron chi connectivity index (χ3n) is 2.82. The highest BCUT2D eigenvalue weighted by Crippen LogP contribution is 2.28.